The molecule has 0 heterocycles. The lowest BCUT2D eigenvalue weighted by Crippen LogP contribution is -1.68. The molecule has 0 aliphatic heterocycles. The minimum atomic E-state index is 0.549. The van der Waals surface area contributed by atoms with Crippen molar-refractivity contribution in [1.29, 1.82) is 0 Å². The Morgan fingerprint density at radius 3 is 3.00 bits per heavy atom. The Hall–Kier alpha value is -0.240. The van der Waals surface area contributed by atoms with Gasteiger partial charge in [0.1, 0.15) is 0 Å². The van der Waals surface area contributed by atoms with Crippen LogP contribution in [0.3, 0.4) is 0 Å². The lowest BCUT2D eigenvalue weighted by Gasteiger charge is -1.64. The number of hydrogen-bond donors (Lipinski definition) is 0. The van der Waals surface area contributed by atoms with Crippen LogP contribution in [-0.4, -0.2) is 5.75 Å². The van der Waals surface area contributed by atoms with E-state index in [1.54, 1.807) is 6.08 Å². The van der Waals surface area contributed by atoms with E-state index in [1.165, 1.54) is 0 Å². The molecular weight excluding hydrogens is 108 g/mol. The van der Waals surface area contributed by atoms with E-state index in [2.05, 4.69) is 6.08 Å². The van der Waals surface area contributed by atoms with Crippen LogP contribution in [0.4, 0.5) is 0 Å². The van der Waals surface area contributed by atoms with E-state index in [9.17, 15) is 4.21 Å². The average Bonchev–Trinajstić information content (AvgIpc) is 1.69. The zero-order valence-corrected chi connectivity index (χ0v) is 5.12. The molecule has 0 amide bonds. The van der Waals surface area contributed by atoms with E-state index < -0.39 is 0 Å². The topological polar surface area (TPSA) is 17.1 Å². The molecule has 0 saturated carbocycles. The van der Waals surface area contributed by atoms with Crippen molar-refractivity contribution in [3.05, 3.63) is 12.2 Å². The molecule has 0 aliphatic rings. The molecule has 0 aliphatic carbocycles. The molecule has 39 valence electrons. The first-order chi connectivity index (χ1) is 3.41. The second kappa shape index (κ2) is 5.76. The fourth-order valence-corrected chi connectivity index (χ4v) is 0.423. The van der Waals surface area contributed by atoms with Crippen molar-refractivity contribution in [3.63, 3.8) is 0 Å². The zero-order valence-electron chi connectivity index (χ0n) is 4.31. The van der Waals surface area contributed by atoms with Gasteiger partial charge in [-0.05, 0) is 18.6 Å². The van der Waals surface area contributed by atoms with Crippen molar-refractivity contribution in [2.45, 2.75) is 13.3 Å². The van der Waals surface area contributed by atoms with Crippen molar-refractivity contribution in [3.8, 4) is 0 Å². The molecule has 0 unspecified atom stereocenters. The Bertz CT molecular complexity index is 68.5. The molecule has 7 heavy (non-hydrogen) atoms. The lowest BCUT2D eigenvalue weighted by molar-refractivity contribution is 0.606. The molecule has 0 saturated heterocycles. The zero-order chi connectivity index (χ0) is 5.54. The summed E-state index contributed by atoms with van der Waals surface area (Å²) in [5, 5.41) is 0. The summed E-state index contributed by atoms with van der Waals surface area (Å²) in [5.74, 6) is 0.549. The molecule has 0 fully saturated rings. The van der Waals surface area contributed by atoms with Crippen LogP contribution < -0.4 is 0 Å². The first kappa shape index (κ1) is 6.76. The highest BCUT2D eigenvalue weighted by Crippen LogP contribution is 1.74. The van der Waals surface area contributed by atoms with Crippen molar-refractivity contribution < 1.29 is 4.21 Å². The summed E-state index contributed by atoms with van der Waals surface area (Å²) in [6.07, 6.45) is 5.57. The summed E-state index contributed by atoms with van der Waals surface area (Å²) in [5.41, 5.74) is 0. The fraction of sp³-hybridized carbons (Fsp3) is 0.600. The van der Waals surface area contributed by atoms with E-state index in [0.29, 0.717) is 17.4 Å². The molecule has 0 spiro atoms. The van der Waals surface area contributed by atoms with Gasteiger partial charge in [-0.1, -0.05) is 6.92 Å². The third-order valence-electron chi connectivity index (χ3n) is 0.500. The predicted octanol–water partition coefficient (Wildman–Crippen LogP) is 1.18. The van der Waals surface area contributed by atoms with E-state index in [1.807, 2.05) is 6.92 Å². The summed E-state index contributed by atoms with van der Waals surface area (Å²) in [6.45, 7) is 1.99. The molecule has 0 N–H and O–H groups in total. The summed E-state index contributed by atoms with van der Waals surface area (Å²) in [7, 11) is 0. The van der Waals surface area contributed by atoms with Crippen LogP contribution in [0.5, 0.6) is 0 Å². The smallest absolute Gasteiger partial charge is 0.0613 e. The lowest BCUT2D eigenvalue weighted by atomic mass is 10.4. The molecule has 0 aromatic heterocycles. The van der Waals surface area contributed by atoms with Crippen molar-refractivity contribution in [1.82, 2.24) is 0 Å². The van der Waals surface area contributed by atoms with Gasteiger partial charge in [0.2, 0.25) is 5.75 Å². The van der Waals surface area contributed by atoms with E-state index >= 15 is 0 Å². The minimum absolute atomic E-state index is 0.549. The third kappa shape index (κ3) is 5.76. The van der Waals surface area contributed by atoms with E-state index in [0.717, 1.165) is 6.42 Å². The monoisotopic (exact) mass is 116 g/mol. The first-order valence-electron chi connectivity index (χ1n) is 2.21. The van der Waals surface area contributed by atoms with Crippen LogP contribution in [0.2, 0.25) is 0 Å². The second-order valence-electron chi connectivity index (χ2n) is 1.05. The van der Waals surface area contributed by atoms with Crippen LogP contribution in [0.15, 0.2) is 6.08 Å². The summed E-state index contributed by atoms with van der Waals surface area (Å²) in [4.78, 5) is 0. The third-order valence-corrected chi connectivity index (χ3v) is 0.803. The van der Waals surface area contributed by atoms with Crippen molar-refractivity contribution >= 4 is 11.7 Å². The Morgan fingerprint density at radius 2 is 2.57 bits per heavy atom. The van der Waals surface area contributed by atoms with Gasteiger partial charge < -0.3 is 0 Å². The fourth-order valence-electron chi connectivity index (χ4n) is 0.237. The summed E-state index contributed by atoms with van der Waals surface area (Å²) < 4.78 is 9.65. The normalized spacial score (nSPS) is 9.86. The van der Waals surface area contributed by atoms with Crippen LogP contribution in [-0.2, 0) is 15.9 Å². The van der Waals surface area contributed by atoms with E-state index in [4.69, 9.17) is 0 Å². The van der Waals surface area contributed by atoms with Crippen molar-refractivity contribution in [2.75, 3.05) is 5.75 Å². The molecule has 1 nitrogen and oxygen atoms in total. The van der Waals surface area contributed by atoms with Gasteiger partial charge in [0, 0.05) is 4.21 Å². The van der Waals surface area contributed by atoms with Crippen LogP contribution in [0, 0.1) is 6.08 Å². The minimum Gasteiger partial charge on any atom is -0.0613 e. The quantitative estimate of drug-likeness (QED) is 0.506. The molecule has 0 atom stereocenters. The maximum absolute atomic E-state index is 9.65. The molecule has 1 radical (unpaired) electrons. The van der Waals surface area contributed by atoms with Gasteiger partial charge in [-0.2, -0.15) is 0 Å². The largest absolute Gasteiger partial charge is 0.463 e. The molecule has 0 aromatic rings. The van der Waals surface area contributed by atoms with Gasteiger partial charge in [-0.25, -0.2) is 0 Å². The van der Waals surface area contributed by atoms with Crippen molar-refractivity contribution in [2.24, 2.45) is 0 Å². The van der Waals surface area contributed by atoms with Crippen LogP contribution in [0.1, 0.15) is 13.3 Å². The first-order valence-corrected chi connectivity index (χ1v) is 3.12. The van der Waals surface area contributed by atoms with Gasteiger partial charge in [0.15, 0.2) is 0 Å². The standard InChI is InChI=1S/C5H8OS/c1-2-3-4-5-7-6/h4H,2,5H2,1H3/q+1. The van der Waals surface area contributed by atoms with Gasteiger partial charge in [-0.3, -0.25) is 0 Å². The maximum Gasteiger partial charge on any atom is 0.463 e. The SMILES string of the molecule is CC/[C]=C/C[S+]=O. The van der Waals surface area contributed by atoms with Crippen LogP contribution in [0.25, 0.3) is 0 Å². The van der Waals surface area contributed by atoms with E-state index in [-0.39, 0.29) is 0 Å². The Morgan fingerprint density at radius 1 is 1.86 bits per heavy atom. The Labute approximate surface area is 47.9 Å². The number of allylic oxidation sites excluding steroid dienone is 1. The molecule has 2 heteroatoms. The van der Waals surface area contributed by atoms with Crippen LogP contribution >= 0.6 is 0 Å². The molecule has 0 rings (SSSR count). The average molecular weight is 116 g/mol. The number of rotatable bonds is 3. The predicted molar refractivity (Wildman–Crippen MR) is 31.0 cm³/mol. The highest BCUT2D eigenvalue weighted by Gasteiger charge is 1.85. The highest BCUT2D eigenvalue weighted by molar-refractivity contribution is 7.65. The van der Waals surface area contributed by atoms with Gasteiger partial charge in [-0.15, -0.1) is 0 Å². The van der Waals surface area contributed by atoms with Gasteiger partial charge >= 0.3 is 11.7 Å². The van der Waals surface area contributed by atoms with Gasteiger partial charge in [0.25, 0.3) is 0 Å². The molecule has 0 aromatic carbocycles. The molecule has 0 bridgehead atoms. The van der Waals surface area contributed by atoms with Gasteiger partial charge in [0.05, 0.1) is 0 Å². The Kier molecular flexibility index (Phi) is 5.56. The summed E-state index contributed by atoms with van der Waals surface area (Å²) >= 11 is 0.574. The second-order valence-corrected chi connectivity index (χ2v) is 1.62. The Balaban J connectivity index is 2.92. The summed E-state index contributed by atoms with van der Waals surface area (Å²) in [6, 6.07) is 0. The highest BCUT2D eigenvalue weighted by atomic mass is 32.1. The molecular formula is C5H8OS+. The maximum atomic E-state index is 9.65. The number of hydrogen-bond acceptors (Lipinski definition) is 1.